The average Bonchev–Trinajstić information content (AvgIpc) is 2.77. The molecule has 1 unspecified atom stereocenters. The minimum atomic E-state index is -0.220. The first-order chi connectivity index (χ1) is 10.0. The van der Waals surface area contributed by atoms with Crippen molar-refractivity contribution in [1.29, 1.82) is 0 Å². The smallest absolute Gasteiger partial charge is 0.222 e. The third kappa shape index (κ3) is 3.62. The number of hydrogen-bond donors (Lipinski definition) is 3. The van der Waals surface area contributed by atoms with Gasteiger partial charge in [0.1, 0.15) is 0 Å². The van der Waals surface area contributed by atoms with Gasteiger partial charge in [0.25, 0.3) is 0 Å². The number of ether oxygens (including phenoxy) is 1. The highest BCUT2D eigenvalue weighted by atomic mass is 16.5. The van der Waals surface area contributed by atoms with Crippen molar-refractivity contribution in [3.8, 4) is 0 Å². The van der Waals surface area contributed by atoms with Crippen LogP contribution in [0, 0.1) is 13.8 Å². The molecular weight excluding hydrogens is 266 g/mol. The molecule has 5 heteroatoms. The molecule has 5 nitrogen and oxygen atoms in total. The second-order valence-electron chi connectivity index (χ2n) is 5.33. The van der Waals surface area contributed by atoms with E-state index in [1.165, 1.54) is 16.6 Å². The van der Waals surface area contributed by atoms with Gasteiger partial charge in [0.05, 0.1) is 12.5 Å². The maximum atomic E-state index is 11.8. The molecule has 0 aliphatic rings. The second kappa shape index (κ2) is 6.74. The lowest BCUT2D eigenvalue weighted by atomic mass is 10.1. The van der Waals surface area contributed by atoms with Gasteiger partial charge in [0.2, 0.25) is 5.91 Å². The number of H-pyrrole nitrogens is 1. The van der Waals surface area contributed by atoms with Gasteiger partial charge in [-0.3, -0.25) is 4.79 Å². The zero-order valence-electron chi connectivity index (χ0n) is 12.8. The molecule has 0 spiro atoms. The lowest BCUT2D eigenvalue weighted by molar-refractivity contribution is -0.123. The van der Waals surface area contributed by atoms with E-state index in [2.05, 4.69) is 36.3 Å². The van der Waals surface area contributed by atoms with Crippen LogP contribution >= 0.6 is 0 Å². The molecule has 4 N–H and O–H groups in total. The fourth-order valence-corrected chi connectivity index (χ4v) is 2.36. The highest BCUT2D eigenvalue weighted by Gasteiger charge is 2.11. The van der Waals surface area contributed by atoms with Gasteiger partial charge in [-0.15, -0.1) is 0 Å². The zero-order chi connectivity index (χ0) is 15.4. The quantitative estimate of drug-likeness (QED) is 0.758. The molecule has 0 saturated carbocycles. The standard InChI is InChI=1S/C16H23N3O2/c1-10-11(2)19-15-5-4-12(6-14(10)15)9-18-16(20)7-13(8-17)21-3/h4-6,13,19H,7-9,17H2,1-3H3,(H,18,20). The molecule has 2 aromatic rings. The van der Waals surface area contributed by atoms with E-state index >= 15 is 0 Å². The fourth-order valence-electron chi connectivity index (χ4n) is 2.36. The summed E-state index contributed by atoms with van der Waals surface area (Å²) in [4.78, 5) is 15.2. The minimum Gasteiger partial charge on any atom is -0.380 e. The summed E-state index contributed by atoms with van der Waals surface area (Å²) < 4.78 is 5.11. The number of carbonyl (C=O) groups is 1. The molecule has 0 saturated heterocycles. The van der Waals surface area contributed by atoms with Gasteiger partial charge in [-0.05, 0) is 37.1 Å². The Kier molecular flexibility index (Phi) is 4.98. The fraction of sp³-hybridized carbons (Fsp3) is 0.438. The number of aryl methyl sites for hydroxylation is 2. The maximum absolute atomic E-state index is 11.8. The second-order valence-corrected chi connectivity index (χ2v) is 5.33. The highest BCUT2D eigenvalue weighted by molar-refractivity contribution is 5.85. The molecule has 1 heterocycles. The number of amides is 1. The Morgan fingerprint density at radius 1 is 1.43 bits per heavy atom. The number of fused-ring (bicyclic) bond motifs is 1. The van der Waals surface area contributed by atoms with Crippen LogP contribution in [0.1, 0.15) is 23.2 Å². The van der Waals surface area contributed by atoms with Gasteiger partial charge in [0.15, 0.2) is 0 Å². The van der Waals surface area contributed by atoms with Crippen LogP contribution in [0.15, 0.2) is 18.2 Å². The normalized spacial score (nSPS) is 12.6. The molecule has 0 bridgehead atoms. The van der Waals surface area contributed by atoms with Crippen molar-refractivity contribution in [2.75, 3.05) is 13.7 Å². The van der Waals surface area contributed by atoms with Gasteiger partial charge >= 0.3 is 0 Å². The molecule has 2 rings (SSSR count). The van der Waals surface area contributed by atoms with Crippen LogP contribution in [0.5, 0.6) is 0 Å². The number of aromatic nitrogens is 1. The molecule has 0 radical (unpaired) electrons. The SMILES string of the molecule is COC(CN)CC(=O)NCc1ccc2[nH]c(C)c(C)c2c1. The zero-order valence-corrected chi connectivity index (χ0v) is 12.8. The Balaban J connectivity index is 2.00. The van der Waals surface area contributed by atoms with E-state index in [9.17, 15) is 4.79 Å². The summed E-state index contributed by atoms with van der Waals surface area (Å²) in [6.45, 7) is 5.02. The van der Waals surface area contributed by atoms with Crippen LogP contribution in [-0.2, 0) is 16.1 Å². The molecule has 1 atom stereocenters. The Labute approximate surface area is 124 Å². The lowest BCUT2D eigenvalue weighted by Crippen LogP contribution is -2.31. The van der Waals surface area contributed by atoms with Crippen LogP contribution in [-0.4, -0.2) is 30.6 Å². The number of benzene rings is 1. The summed E-state index contributed by atoms with van der Waals surface area (Å²) in [5.41, 5.74) is 10.2. The number of nitrogens with one attached hydrogen (secondary N) is 2. The van der Waals surface area contributed by atoms with Crippen molar-refractivity contribution in [1.82, 2.24) is 10.3 Å². The Morgan fingerprint density at radius 3 is 2.86 bits per heavy atom. The maximum Gasteiger partial charge on any atom is 0.222 e. The average molecular weight is 289 g/mol. The summed E-state index contributed by atoms with van der Waals surface area (Å²) in [5, 5.41) is 4.11. The first-order valence-electron chi connectivity index (χ1n) is 7.12. The summed E-state index contributed by atoms with van der Waals surface area (Å²) in [6.07, 6.45) is 0.0689. The molecule has 0 aliphatic carbocycles. The molecule has 1 aromatic heterocycles. The summed E-state index contributed by atoms with van der Waals surface area (Å²) in [7, 11) is 1.57. The van der Waals surface area contributed by atoms with Gasteiger partial charge in [-0.25, -0.2) is 0 Å². The number of hydrogen-bond acceptors (Lipinski definition) is 3. The number of rotatable bonds is 6. The van der Waals surface area contributed by atoms with Crippen LogP contribution in [0.3, 0.4) is 0 Å². The van der Waals surface area contributed by atoms with E-state index in [-0.39, 0.29) is 18.4 Å². The van der Waals surface area contributed by atoms with Gasteiger partial charge in [-0.2, -0.15) is 0 Å². The Bertz CT molecular complexity index is 630. The van der Waals surface area contributed by atoms with Crippen molar-refractivity contribution < 1.29 is 9.53 Å². The summed E-state index contributed by atoms with van der Waals surface area (Å²) in [6, 6.07) is 6.19. The van der Waals surface area contributed by atoms with Crippen LogP contribution in [0.2, 0.25) is 0 Å². The molecule has 0 fully saturated rings. The predicted octanol–water partition coefficient (Wildman–Crippen LogP) is 1.76. The number of methoxy groups -OCH3 is 1. The predicted molar refractivity (Wildman–Crippen MR) is 84.1 cm³/mol. The number of carbonyl (C=O) groups excluding carboxylic acids is 1. The third-order valence-corrected chi connectivity index (χ3v) is 3.87. The summed E-state index contributed by atoms with van der Waals surface area (Å²) >= 11 is 0. The van der Waals surface area contributed by atoms with E-state index in [0.717, 1.165) is 11.1 Å². The highest BCUT2D eigenvalue weighted by Crippen LogP contribution is 2.22. The van der Waals surface area contributed by atoms with E-state index in [1.54, 1.807) is 7.11 Å². The van der Waals surface area contributed by atoms with Gasteiger partial charge in [-0.1, -0.05) is 6.07 Å². The Morgan fingerprint density at radius 2 is 2.19 bits per heavy atom. The largest absolute Gasteiger partial charge is 0.380 e. The van der Waals surface area contributed by atoms with Gasteiger partial charge in [0, 0.05) is 36.8 Å². The van der Waals surface area contributed by atoms with Crippen molar-refractivity contribution in [2.45, 2.75) is 32.9 Å². The first kappa shape index (κ1) is 15.5. The van der Waals surface area contributed by atoms with Crippen molar-refractivity contribution in [2.24, 2.45) is 5.73 Å². The molecule has 114 valence electrons. The summed E-state index contributed by atoms with van der Waals surface area (Å²) in [5.74, 6) is -0.0469. The van der Waals surface area contributed by atoms with Crippen LogP contribution in [0.4, 0.5) is 0 Å². The minimum absolute atomic E-state index is 0.0469. The topological polar surface area (TPSA) is 80.1 Å². The van der Waals surface area contributed by atoms with Gasteiger partial charge < -0.3 is 20.8 Å². The number of aromatic amines is 1. The molecule has 1 aromatic carbocycles. The molecular formula is C16H23N3O2. The van der Waals surface area contributed by atoms with Crippen molar-refractivity contribution in [3.63, 3.8) is 0 Å². The van der Waals surface area contributed by atoms with Crippen LogP contribution in [0.25, 0.3) is 10.9 Å². The monoisotopic (exact) mass is 289 g/mol. The number of nitrogens with two attached hydrogens (primary N) is 1. The first-order valence-corrected chi connectivity index (χ1v) is 7.12. The molecule has 1 amide bonds. The Hall–Kier alpha value is -1.85. The molecule has 0 aliphatic heterocycles. The lowest BCUT2D eigenvalue weighted by Gasteiger charge is -2.12. The van der Waals surface area contributed by atoms with E-state index in [4.69, 9.17) is 10.5 Å². The van der Waals surface area contributed by atoms with Crippen LogP contribution < -0.4 is 11.1 Å². The van der Waals surface area contributed by atoms with E-state index < -0.39 is 0 Å². The van der Waals surface area contributed by atoms with E-state index in [1.807, 2.05) is 6.07 Å². The molecule has 21 heavy (non-hydrogen) atoms. The van der Waals surface area contributed by atoms with Crippen molar-refractivity contribution >= 4 is 16.8 Å². The van der Waals surface area contributed by atoms with E-state index in [0.29, 0.717) is 13.1 Å². The third-order valence-electron chi connectivity index (χ3n) is 3.87. The van der Waals surface area contributed by atoms with Crippen molar-refractivity contribution in [3.05, 3.63) is 35.0 Å².